The number of ether oxygens (including phenoxy) is 3. The van der Waals surface area contributed by atoms with Crippen LogP contribution in [0.2, 0.25) is 0 Å². The van der Waals surface area contributed by atoms with Gasteiger partial charge in [-0.25, -0.2) is 0 Å². The summed E-state index contributed by atoms with van der Waals surface area (Å²) in [6.45, 7) is 0.426. The van der Waals surface area contributed by atoms with Crippen molar-refractivity contribution in [1.29, 1.82) is 5.26 Å². The number of aliphatic hydroxyl groups excluding tert-OH is 1. The zero-order valence-electron chi connectivity index (χ0n) is 14.3. The molecule has 28 heavy (non-hydrogen) atoms. The minimum atomic E-state index is -4.52. The van der Waals surface area contributed by atoms with E-state index in [-0.39, 0.29) is 64.5 Å². The number of fused-ring (bicyclic) bond motifs is 2. The van der Waals surface area contributed by atoms with E-state index < -0.39 is 17.4 Å². The average molecular weight is 409 g/mol. The highest BCUT2D eigenvalue weighted by Crippen LogP contribution is 2.56. The van der Waals surface area contributed by atoms with Crippen LogP contribution in [-0.4, -0.2) is 23.8 Å². The molecule has 1 unspecified atom stereocenters. The summed E-state index contributed by atoms with van der Waals surface area (Å²) in [5.74, 6) is -1.03. The summed E-state index contributed by atoms with van der Waals surface area (Å²) in [5, 5.41) is 19.9. The minimum Gasteiger partial charge on any atom is -0.456 e. The van der Waals surface area contributed by atoms with Crippen LogP contribution in [0.15, 0.2) is 41.3 Å². The number of thioether (sulfide) groups is 1. The van der Waals surface area contributed by atoms with Crippen LogP contribution in [0.3, 0.4) is 0 Å². The predicted molar refractivity (Wildman–Crippen MR) is 92.7 cm³/mol. The quantitative estimate of drug-likeness (QED) is 0.747. The number of nitriles is 1. The Labute approximate surface area is 162 Å². The van der Waals surface area contributed by atoms with Crippen LogP contribution in [0.25, 0.3) is 0 Å². The number of para-hydroxylation sites is 1. The van der Waals surface area contributed by atoms with E-state index in [4.69, 9.17) is 14.2 Å². The molecule has 4 rings (SSSR count). The average Bonchev–Trinajstić information content (AvgIpc) is 3.22. The van der Waals surface area contributed by atoms with Crippen LogP contribution in [0, 0.1) is 11.3 Å². The Hall–Kier alpha value is -2.25. The third kappa shape index (κ3) is 3.33. The zero-order chi connectivity index (χ0) is 19.9. The molecule has 1 atom stereocenters. The molecule has 2 aliphatic rings. The lowest BCUT2D eigenvalue weighted by Crippen LogP contribution is -2.25. The molecule has 1 aliphatic heterocycles. The van der Waals surface area contributed by atoms with Gasteiger partial charge in [-0.15, -0.1) is 0 Å². The van der Waals surface area contributed by atoms with Crippen molar-refractivity contribution in [2.75, 3.05) is 13.2 Å². The van der Waals surface area contributed by atoms with Gasteiger partial charge in [0.25, 0.3) is 0 Å². The van der Waals surface area contributed by atoms with Crippen molar-refractivity contribution < 1.29 is 32.5 Å². The maximum atomic E-state index is 13.1. The lowest BCUT2D eigenvalue weighted by Gasteiger charge is -2.25. The molecule has 1 N–H and O–H groups in total. The van der Waals surface area contributed by atoms with Crippen LogP contribution in [0.4, 0.5) is 13.2 Å². The standard InChI is InChI=1S/C19H14F3NO4S/c20-19(21,22)28-15-6-5-14(27-13-4-2-1-3-11(13)10-23)16-12(24)9-18(17(15)16)25-7-8-26-18/h1-6,12,24H,7-9H2. The fourth-order valence-electron chi connectivity index (χ4n) is 3.54. The molecule has 9 heteroatoms. The molecule has 1 aliphatic carbocycles. The number of halogens is 3. The normalized spacial score (nSPS) is 20.2. The van der Waals surface area contributed by atoms with Crippen molar-refractivity contribution in [1.82, 2.24) is 0 Å². The second-order valence-electron chi connectivity index (χ2n) is 6.28. The monoisotopic (exact) mass is 409 g/mol. The maximum Gasteiger partial charge on any atom is 0.446 e. The van der Waals surface area contributed by atoms with Crippen molar-refractivity contribution in [2.45, 2.75) is 28.7 Å². The molecule has 2 aromatic rings. The summed E-state index contributed by atoms with van der Waals surface area (Å²) in [5.41, 5.74) is -3.94. The van der Waals surface area contributed by atoms with Crippen molar-refractivity contribution in [3.8, 4) is 17.6 Å². The first-order valence-electron chi connectivity index (χ1n) is 8.39. The predicted octanol–water partition coefficient (Wildman–Crippen LogP) is 4.60. The molecular formula is C19H14F3NO4S. The van der Waals surface area contributed by atoms with Crippen LogP contribution < -0.4 is 4.74 Å². The van der Waals surface area contributed by atoms with Gasteiger partial charge in [0.1, 0.15) is 17.6 Å². The minimum absolute atomic E-state index is 0.0337. The Balaban J connectivity index is 1.84. The number of aliphatic hydroxyl groups is 1. The molecule has 0 aromatic heterocycles. The van der Waals surface area contributed by atoms with E-state index in [1.165, 1.54) is 12.1 Å². The summed E-state index contributed by atoms with van der Waals surface area (Å²) in [4.78, 5) is -0.109. The molecule has 0 radical (unpaired) electrons. The van der Waals surface area contributed by atoms with Gasteiger partial charge in [-0.3, -0.25) is 0 Å². The fraction of sp³-hybridized carbons (Fsp3) is 0.316. The first kappa shape index (κ1) is 19.1. The van der Waals surface area contributed by atoms with E-state index in [9.17, 15) is 23.5 Å². The Bertz CT molecular complexity index is 951. The lowest BCUT2D eigenvalue weighted by atomic mass is 10.1. The highest BCUT2D eigenvalue weighted by molar-refractivity contribution is 8.00. The third-order valence-corrected chi connectivity index (χ3v) is 5.34. The first-order valence-corrected chi connectivity index (χ1v) is 9.21. The number of rotatable bonds is 3. The number of benzene rings is 2. The summed E-state index contributed by atoms with van der Waals surface area (Å²) in [6, 6.07) is 11.1. The van der Waals surface area contributed by atoms with Gasteiger partial charge in [0.2, 0.25) is 0 Å². The Morgan fingerprint density at radius 1 is 1.14 bits per heavy atom. The number of hydrogen-bond acceptors (Lipinski definition) is 6. The molecule has 1 saturated heterocycles. The van der Waals surface area contributed by atoms with E-state index in [1.54, 1.807) is 24.3 Å². The smallest absolute Gasteiger partial charge is 0.446 e. The molecule has 1 spiro atoms. The van der Waals surface area contributed by atoms with Gasteiger partial charge < -0.3 is 19.3 Å². The van der Waals surface area contributed by atoms with Gasteiger partial charge in [-0.05, 0) is 36.0 Å². The van der Waals surface area contributed by atoms with Crippen LogP contribution in [0.1, 0.15) is 29.2 Å². The van der Waals surface area contributed by atoms with Crippen LogP contribution >= 0.6 is 11.8 Å². The lowest BCUT2D eigenvalue weighted by molar-refractivity contribution is -0.175. The van der Waals surface area contributed by atoms with Gasteiger partial charge in [0.05, 0.1) is 24.9 Å². The number of nitrogens with zero attached hydrogens (tertiary/aromatic N) is 1. The second kappa shape index (κ2) is 6.97. The Morgan fingerprint density at radius 3 is 2.54 bits per heavy atom. The van der Waals surface area contributed by atoms with E-state index >= 15 is 0 Å². The van der Waals surface area contributed by atoms with Gasteiger partial charge in [-0.2, -0.15) is 18.4 Å². The number of alkyl halides is 3. The first-order chi connectivity index (χ1) is 13.3. The van der Waals surface area contributed by atoms with E-state index in [0.29, 0.717) is 0 Å². The molecule has 0 amide bonds. The summed E-state index contributed by atoms with van der Waals surface area (Å²) in [7, 11) is 0. The van der Waals surface area contributed by atoms with Gasteiger partial charge in [0, 0.05) is 22.4 Å². The Morgan fingerprint density at radius 2 is 1.86 bits per heavy atom. The number of hydrogen-bond donors (Lipinski definition) is 1. The molecule has 1 fully saturated rings. The maximum absolute atomic E-state index is 13.1. The Kier molecular flexibility index (Phi) is 4.75. The van der Waals surface area contributed by atoms with Crippen LogP contribution in [-0.2, 0) is 15.3 Å². The van der Waals surface area contributed by atoms with E-state index in [2.05, 4.69) is 0 Å². The highest BCUT2D eigenvalue weighted by Gasteiger charge is 2.52. The van der Waals surface area contributed by atoms with Crippen molar-refractivity contribution in [3.63, 3.8) is 0 Å². The molecule has 0 bridgehead atoms. The summed E-state index contributed by atoms with van der Waals surface area (Å²) in [6.07, 6.45) is -1.17. The third-order valence-electron chi connectivity index (χ3n) is 4.55. The van der Waals surface area contributed by atoms with Gasteiger partial charge in [0.15, 0.2) is 5.79 Å². The van der Waals surface area contributed by atoms with Crippen molar-refractivity contribution >= 4 is 11.8 Å². The zero-order valence-corrected chi connectivity index (χ0v) is 15.1. The van der Waals surface area contributed by atoms with Crippen LogP contribution in [0.5, 0.6) is 11.5 Å². The molecule has 146 valence electrons. The van der Waals surface area contributed by atoms with Gasteiger partial charge in [-0.1, -0.05) is 12.1 Å². The van der Waals surface area contributed by atoms with E-state index in [1.807, 2.05) is 6.07 Å². The fourth-order valence-corrected chi connectivity index (χ4v) is 4.30. The largest absolute Gasteiger partial charge is 0.456 e. The van der Waals surface area contributed by atoms with Crippen molar-refractivity contribution in [3.05, 3.63) is 53.1 Å². The summed E-state index contributed by atoms with van der Waals surface area (Å²) < 4.78 is 56.3. The molecule has 1 heterocycles. The second-order valence-corrected chi connectivity index (χ2v) is 7.38. The van der Waals surface area contributed by atoms with Gasteiger partial charge >= 0.3 is 5.51 Å². The topological polar surface area (TPSA) is 71.7 Å². The molecule has 0 saturated carbocycles. The molecular weight excluding hydrogens is 395 g/mol. The highest BCUT2D eigenvalue weighted by atomic mass is 32.2. The summed E-state index contributed by atoms with van der Waals surface area (Å²) >= 11 is -0.287. The van der Waals surface area contributed by atoms with E-state index in [0.717, 1.165) is 0 Å². The molecule has 2 aromatic carbocycles. The molecule has 5 nitrogen and oxygen atoms in total. The SMILES string of the molecule is N#Cc1ccccc1Oc1ccc(SC(F)(F)F)c2c1C(O)CC21OCCO1. The van der Waals surface area contributed by atoms with Crippen molar-refractivity contribution in [2.24, 2.45) is 0 Å².